The summed E-state index contributed by atoms with van der Waals surface area (Å²) in [5, 5.41) is 9.23. The fourth-order valence-electron chi connectivity index (χ4n) is 1.48. The molecule has 0 unspecified atom stereocenters. The number of benzene rings is 1. The summed E-state index contributed by atoms with van der Waals surface area (Å²) in [5.74, 6) is -1.57. The van der Waals surface area contributed by atoms with Gasteiger partial charge in [-0.2, -0.15) is 0 Å². The maximum absolute atomic E-state index is 11.8. The first-order valence-electron chi connectivity index (χ1n) is 4.50. The quantitative estimate of drug-likeness (QED) is 0.744. The van der Waals surface area contributed by atoms with Crippen LogP contribution in [0.2, 0.25) is 0 Å². The topological polar surface area (TPSA) is 67.5 Å². The van der Waals surface area contributed by atoms with Crippen LogP contribution in [0.1, 0.15) is 16.1 Å². The Bertz CT molecular complexity index is 642. The van der Waals surface area contributed by atoms with Crippen LogP contribution in [-0.2, 0) is 0 Å². The lowest BCUT2D eigenvalue weighted by molar-refractivity contribution is 0.0661. The van der Waals surface area contributed by atoms with E-state index in [0.29, 0.717) is 10.3 Å². The molecule has 4 nitrogen and oxygen atoms in total. The van der Waals surface area contributed by atoms with Crippen molar-refractivity contribution in [3.8, 4) is 0 Å². The molecule has 1 N–H and O–H groups in total. The lowest BCUT2D eigenvalue weighted by atomic mass is 10.1. The van der Waals surface area contributed by atoms with Crippen LogP contribution in [0.3, 0.4) is 0 Å². The molecule has 0 bridgehead atoms. The highest BCUT2D eigenvalue weighted by molar-refractivity contribution is 7.80. The summed E-state index contributed by atoms with van der Waals surface area (Å²) >= 11 is 4.10. The molecule has 2 rings (SSSR count). The van der Waals surface area contributed by atoms with Crippen LogP contribution in [0.5, 0.6) is 0 Å². The molecule has 0 spiro atoms. The molecule has 5 heteroatoms. The number of carboxylic acids is 1. The van der Waals surface area contributed by atoms with E-state index >= 15 is 0 Å². The summed E-state index contributed by atoms with van der Waals surface area (Å²) in [6, 6.07) is 4.75. The minimum absolute atomic E-state index is 0.104. The number of rotatable bonds is 1. The van der Waals surface area contributed by atoms with E-state index in [2.05, 4.69) is 12.6 Å². The van der Waals surface area contributed by atoms with Crippen molar-refractivity contribution in [3.63, 3.8) is 0 Å². The first-order chi connectivity index (χ1) is 7.50. The summed E-state index contributed by atoms with van der Waals surface area (Å²) in [4.78, 5) is 23.3. The van der Waals surface area contributed by atoms with E-state index in [0.717, 1.165) is 0 Å². The molecule has 0 aliphatic heterocycles. The Morgan fingerprint density at radius 3 is 2.75 bits per heavy atom. The number of hydrogen-bond acceptors (Lipinski definition) is 4. The van der Waals surface area contributed by atoms with Gasteiger partial charge in [0.05, 0.1) is 5.39 Å². The van der Waals surface area contributed by atoms with Gasteiger partial charge >= 0.3 is 5.97 Å². The summed E-state index contributed by atoms with van der Waals surface area (Å²) in [7, 11) is 0. The molecular formula is C11H8O4S. The Balaban J connectivity index is 2.94. The van der Waals surface area contributed by atoms with E-state index < -0.39 is 5.97 Å². The van der Waals surface area contributed by atoms with Crippen molar-refractivity contribution >= 4 is 29.6 Å². The third kappa shape index (κ3) is 1.59. The van der Waals surface area contributed by atoms with Crippen molar-refractivity contribution in [1.82, 2.24) is 0 Å². The minimum Gasteiger partial charge on any atom is -0.475 e. The van der Waals surface area contributed by atoms with E-state index in [1.807, 2.05) is 0 Å². The van der Waals surface area contributed by atoms with Gasteiger partial charge in [-0.05, 0) is 25.1 Å². The van der Waals surface area contributed by atoms with Crippen LogP contribution >= 0.6 is 12.6 Å². The van der Waals surface area contributed by atoms with Gasteiger partial charge in [-0.3, -0.25) is 4.79 Å². The Kier molecular flexibility index (Phi) is 2.47. The Labute approximate surface area is 95.9 Å². The average molecular weight is 236 g/mol. The van der Waals surface area contributed by atoms with Gasteiger partial charge in [0.1, 0.15) is 5.58 Å². The maximum Gasteiger partial charge on any atom is 0.372 e. The molecule has 1 aromatic heterocycles. The van der Waals surface area contributed by atoms with Crippen molar-refractivity contribution < 1.29 is 14.3 Å². The fraction of sp³-hybridized carbons (Fsp3) is 0.0909. The molecule has 0 saturated heterocycles. The number of hydrogen-bond donors (Lipinski definition) is 2. The van der Waals surface area contributed by atoms with E-state index in [-0.39, 0.29) is 22.3 Å². The number of carboxylic acid groups (broad SMARTS) is 1. The zero-order valence-corrected chi connectivity index (χ0v) is 9.25. The number of thiol groups is 1. The van der Waals surface area contributed by atoms with Crippen molar-refractivity contribution in [2.45, 2.75) is 11.8 Å². The maximum atomic E-state index is 11.8. The van der Waals surface area contributed by atoms with Crippen LogP contribution in [-0.4, -0.2) is 11.1 Å². The molecule has 0 amide bonds. The van der Waals surface area contributed by atoms with Crippen molar-refractivity contribution in [3.05, 3.63) is 39.7 Å². The lowest BCUT2D eigenvalue weighted by Crippen LogP contribution is -2.12. The van der Waals surface area contributed by atoms with Gasteiger partial charge in [0, 0.05) is 10.5 Å². The van der Waals surface area contributed by atoms with Gasteiger partial charge in [-0.25, -0.2) is 4.79 Å². The minimum atomic E-state index is -1.25. The summed E-state index contributed by atoms with van der Waals surface area (Å²) in [5.41, 5.74) is 0.0133. The third-order valence-corrected chi connectivity index (χ3v) is 2.58. The monoisotopic (exact) mass is 236 g/mol. The molecule has 0 atom stereocenters. The van der Waals surface area contributed by atoms with Gasteiger partial charge in [-0.15, -0.1) is 12.6 Å². The SMILES string of the molecule is Cc1c(C(=O)O)oc2cc(S)ccc2c1=O. The van der Waals surface area contributed by atoms with E-state index in [9.17, 15) is 9.59 Å². The predicted molar refractivity (Wildman–Crippen MR) is 61.4 cm³/mol. The van der Waals surface area contributed by atoms with Crippen LogP contribution in [0.25, 0.3) is 11.0 Å². The van der Waals surface area contributed by atoms with Gasteiger partial charge < -0.3 is 9.52 Å². The second-order valence-corrected chi connectivity index (χ2v) is 3.89. The third-order valence-electron chi connectivity index (χ3n) is 2.30. The summed E-state index contributed by atoms with van der Waals surface area (Å²) in [6.45, 7) is 1.43. The van der Waals surface area contributed by atoms with E-state index in [1.54, 1.807) is 12.1 Å². The molecule has 0 fully saturated rings. The molecule has 0 aliphatic carbocycles. The van der Waals surface area contributed by atoms with E-state index in [4.69, 9.17) is 9.52 Å². The molecule has 0 aliphatic rings. The summed E-state index contributed by atoms with van der Waals surface area (Å²) < 4.78 is 5.17. The van der Waals surface area contributed by atoms with E-state index in [1.165, 1.54) is 13.0 Å². The zero-order valence-electron chi connectivity index (χ0n) is 8.35. The van der Waals surface area contributed by atoms with Crippen LogP contribution in [0.15, 0.2) is 32.3 Å². The molecule has 0 radical (unpaired) electrons. The van der Waals surface area contributed by atoms with Gasteiger partial charge in [-0.1, -0.05) is 0 Å². The smallest absolute Gasteiger partial charge is 0.372 e. The van der Waals surface area contributed by atoms with Crippen LogP contribution in [0.4, 0.5) is 0 Å². The highest BCUT2D eigenvalue weighted by atomic mass is 32.1. The molecular weight excluding hydrogens is 228 g/mol. The number of aromatic carboxylic acids is 1. The molecule has 1 heterocycles. The molecule has 2 aromatic rings. The first-order valence-corrected chi connectivity index (χ1v) is 4.95. The highest BCUT2D eigenvalue weighted by Crippen LogP contribution is 2.18. The van der Waals surface area contributed by atoms with Crippen molar-refractivity contribution in [2.24, 2.45) is 0 Å². The first kappa shape index (κ1) is 10.8. The average Bonchev–Trinajstić information content (AvgIpc) is 2.22. The predicted octanol–water partition coefficient (Wildman–Crippen LogP) is 2.09. The molecule has 0 saturated carbocycles. The fourth-order valence-corrected chi connectivity index (χ4v) is 1.67. The van der Waals surface area contributed by atoms with Crippen molar-refractivity contribution in [1.29, 1.82) is 0 Å². The Morgan fingerprint density at radius 2 is 2.12 bits per heavy atom. The second kappa shape index (κ2) is 3.68. The van der Waals surface area contributed by atoms with Crippen molar-refractivity contribution in [2.75, 3.05) is 0 Å². The zero-order chi connectivity index (χ0) is 11.9. The largest absolute Gasteiger partial charge is 0.475 e. The second-order valence-electron chi connectivity index (χ2n) is 3.37. The number of carbonyl (C=O) groups is 1. The van der Waals surface area contributed by atoms with Gasteiger partial charge in [0.15, 0.2) is 5.43 Å². The molecule has 16 heavy (non-hydrogen) atoms. The lowest BCUT2D eigenvalue weighted by Gasteiger charge is -2.03. The highest BCUT2D eigenvalue weighted by Gasteiger charge is 2.16. The number of fused-ring (bicyclic) bond motifs is 1. The van der Waals surface area contributed by atoms with Crippen LogP contribution in [0, 0.1) is 6.92 Å². The Hall–Kier alpha value is -1.75. The van der Waals surface area contributed by atoms with Gasteiger partial charge in [0.2, 0.25) is 5.76 Å². The molecule has 1 aromatic carbocycles. The Morgan fingerprint density at radius 1 is 1.44 bits per heavy atom. The summed E-state index contributed by atoms with van der Waals surface area (Å²) in [6.07, 6.45) is 0. The molecule has 82 valence electrons. The normalized spacial score (nSPS) is 10.6. The standard InChI is InChI=1S/C11H8O4S/c1-5-9(12)7-3-2-6(16)4-8(7)15-10(5)11(13)14/h2-4,16H,1H3,(H,13,14). The van der Waals surface area contributed by atoms with Crippen LogP contribution < -0.4 is 5.43 Å². The van der Waals surface area contributed by atoms with Gasteiger partial charge in [0.25, 0.3) is 0 Å².